The lowest BCUT2D eigenvalue weighted by Crippen LogP contribution is -2.18. The van der Waals surface area contributed by atoms with Crippen molar-refractivity contribution >= 4 is 28.1 Å². The van der Waals surface area contributed by atoms with Crippen molar-refractivity contribution in [3.63, 3.8) is 0 Å². The number of hydrogen-bond acceptors (Lipinski definition) is 5. The van der Waals surface area contributed by atoms with Gasteiger partial charge in [0.2, 0.25) is 0 Å². The van der Waals surface area contributed by atoms with Crippen molar-refractivity contribution in [3.05, 3.63) is 64.3 Å². The summed E-state index contributed by atoms with van der Waals surface area (Å²) in [5.74, 6) is 0.404. The second-order valence-electron chi connectivity index (χ2n) is 5.53. The molecule has 2 aromatic carbocycles. The van der Waals surface area contributed by atoms with E-state index >= 15 is 0 Å². The van der Waals surface area contributed by atoms with E-state index in [2.05, 4.69) is 36.7 Å². The normalized spacial score (nSPS) is 10.9. The first-order chi connectivity index (χ1) is 13.1. The molecule has 138 valence electrons. The highest BCUT2D eigenvalue weighted by atomic mass is 79.9. The van der Waals surface area contributed by atoms with Crippen LogP contribution in [0.3, 0.4) is 0 Å². The van der Waals surface area contributed by atoms with Crippen LogP contribution in [0.1, 0.15) is 23.0 Å². The van der Waals surface area contributed by atoms with Gasteiger partial charge in [-0.2, -0.15) is 10.2 Å². The van der Waals surface area contributed by atoms with E-state index in [1.165, 1.54) is 12.3 Å². The number of carbonyl (C=O) groups is 1. The van der Waals surface area contributed by atoms with Gasteiger partial charge >= 0.3 is 0 Å². The first kappa shape index (κ1) is 18.7. The van der Waals surface area contributed by atoms with Crippen LogP contribution in [-0.2, 0) is 0 Å². The Hall–Kier alpha value is -3.13. The number of carbonyl (C=O) groups excluding carboxylic acids is 1. The van der Waals surface area contributed by atoms with Crippen LogP contribution >= 0.6 is 15.9 Å². The smallest absolute Gasteiger partial charge is 0.289 e. The highest BCUT2D eigenvalue weighted by Gasteiger charge is 2.10. The molecule has 3 N–H and O–H groups in total. The molecule has 0 spiro atoms. The van der Waals surface area contributed by atoms with E-state index < -0.39 is 5.91 Å². The Balaban J connectivity index is 1.66. The van der Waals surface area contributed by atoms with Crippen molar-refractivity contribution in [2.75, 3.05) is 6.61 Å². The molecule has 0 aliphatic heterocycles. The van der Waals surface area contributed by atoms with Gasteiger partial charge in [0, 0.05) is 15.6 Å². The average molecular weight is 429 g/mol. The Labute approximate surface area is 164 Å². The standard InChI is InChI=1S/C19H17BrN4O3/c1-2-27-15-6-3-12(4-7-15)16-10-17(23-22-16)19(26)24-21-11-13-9-14(20)5-8-18(13)25/h3-11,25H,2H2,1H3,(H,22,23)(H,24,26)/b21-11-. The lowest BCUT2D eigenvalue weighted by molar-refractivity contribution is 0.0950. The van der Waals surface area contributed by atoms with Crippen LogP contribution < -0.4 is 10.2 Å². The topological polar surface area (TPSA) is 99.6 Å². The van der Waals surface area contributed by atoms with Crippen molar-refractivity contribution in [1.29, 1.82) is 0 Å². The average Bonchev–Trinajstić information content (AvgIpc) is 3.16. The molecule has 1 aromatic heterocycles. The van der Waals surface area contributed by atoms with Crippen molar-refractivity contribution in [1.82, 2.24) is 15.6 Å². The second kappa shape index (κ2) is 8.50. The van der Waals surface area contributed by atoms with Gasteiger partial charge in [-0.15, -0.1) is 0 Å². The molecule has 0 saturated heterocycles. The van der Waals surface area contributed by atoms with Crippen LogP contribution in [0.15, 0.2) is 58.1 Å². The molecular weight excluding hydrogens is 412 g/mol. The van der Waals surface area contributed by atoms with Gasteiger partial charge < -0.3 is 9.84 Å². The van der Waals surface area contributed by atoms with E-state index in [4.69, 9.17) is 4.74 Å². The summed E-state index contributed by atoms with van der Waals surface area (Å²) in [5.41, 5.74) is 4.64. The van der Waals surface area contributed by atoms with Crippen molar-refractivity contribution in [2.45, 2.75) is 6.92 Å². The third-order valence-electron chi connectivity index (χ3n) is 3.64. The number of benzene rings is 2. The molecule has 0 bridgehead atoms. The summed E-state index contributed by atoms with van der Waals surface area (Å²) in [5, 5.41) is 20.5. The van der Waals surface area contributed by atoms with Gasteiger partial charge in [-0.1, -0.05) is 15.9 Å². The van der Waals surface area contributed by atoms with Gasteiger partial charge in [-0.05, 0) is 55.5 Å². The molecule has 1 heterocycles. The van der Waals surface area contributed by atoms with Gasteiger partial charge in [-0.3, -0.25) is 9.89 Å². The predicted octanol–water partition coefficient (Wildman–Crippen LogP) is 3.71. The Kier molecular flexibility index (Phi) is 5.87. The molecule has 0 unspecified atom stereocenters. The zero-order valence-corrected chi connectivity index (χ0v) is 16.0. The maximum Gasteiger partial charge on any atom is 0.289 e. The molecule has 0 atom stereocenters. The van der Waals surface area contributed by atoms with Crippen LogP contribution in [-0.4, -0.2) is 34.0 Å². The van der Waals surface area contributed by atoms with E-state index in [0.717, 1.165) is 15.8 Å². The monoisotopic (exact) mass is 428 g/mol. The Morgan fingerprint density at radius 3 is 2.81 bits per heavy atom. The number of phenols is 1. The summed E-state index contributed by atoms with van der Waals surface area (Å²) in [6.07, 6.45) is 1.36. The van der Waals surface area contributed by atoms with Gasteiger partial charge in [0.25, 0.3) is 5.91 Å². The minimum absolute atomic E-state index is 0.0653. The highest BCUT2D eigenvalue weighted by molar-refractivity contribution is 9.10. The van der Waals surface area contributed by atoms with E-state index in [9.17, 15) is 9.90 Å². The molecule has 0 fully saturated rings. The maximum absolute atomic E-state index is 12.2. The number of phenolic OH excluding ortho intramolecular Hbond substituents is 1. The number of rotatable bonds is 6. The van der Waals surface area contributed by atoms with Gasteiger partial charge in [-0.25, -0.2) is 5.43 Å². The van der Waals surface area contributed by atoms with E-state index in [-0.39, 0.29) is 11.4 Å². The number of hydrazone groups is 1. The molecular formula is C19H17BrN4O3. The molecule has 0 aliphatic rings. The van der Waals surface area contributed by atoms with Crippen LogP contribution in [0, 0.1) is 0 Å². The first-order valence-electron chi connectivity index (χ1n) is 8.17. The number of ether oxygens (including phenoxy) is 1. The zero-order valence-electron chi connectivity index (χ0n) is 14.4. The summed E-state index contributed by atoms with van der Waals surface area (Å²) in [6, 6.07) is 14.0. The molecule has 3 aromatic rings. The number of halogens is 1. The van der Waals surface area contributed by atoms with E-state index in [0.29, 0.717) is 17.9 Å². The number of hydrogen-bond donors (Lipinski definition) is 3. The highest BCUT2D eigenvalue weighted by Crippen LogP contribution is 2.22. The lowest BCUT2D eigenvalue weighted by Gasteiger charge is -2.02. The van der Waals surface area contributed by atoms with Gasteiger partial charge in [0.15, 0.2) is 0 Å². The third-order valence-corrected chi connectivity index (χ3v) is 4.14. The molecule has 1 amide bonds. The van der Waals surface area contributed by atoms with Crippen LogP contribution in [0.25, 0.3) is 11.3 Å². The second-order valence-corrected chi connectivity index (χ2v) is 6.44. The lowest BCUT2D eigenvalue weighted by atomic mass is 10.1. The van der Waals surface area contributed by atoms with Crippen molar-refractivity contribution in [3.8, 4) is 22.8 Å². The molecule has 7 nitrogen and oxygen atoms in total. The predicted molar refractivity (Wildman–Crippen MR) is 106 cm³/mol. The number of nitrogens with zero attached hydrogens (tertiary/aromatic N) is 2. The van der Waals surface area contributed by atoms with E-state index in [1.54, 1.807) is 18.2 Å². The largest absolute Gasteiger partial charge is 0.507 e. The minimum atomic E-state index is -0.439. The summed E-state index contributed by atoms with van der Waals surface area (Å²) >= 11 is 3.31. The Bertz CT molecular complexity index is 967. The zero-order chi connectivity index (χ0) is 19.2. The third kappa shape index (κ3) is 4.73. The fourth-order valence-electron chi connectivity index (χ4n) is 2.32. The Morgan fingerprint density at radius 1 is 1.30 bits per heavy atom. The van der Waals surface area contributed by atoms with Gasteiger partial charge in [0.05, 0.1) is 18.5 Å². The first-order valence-corrected chi connectivity index (χ1v) is 8.96. The Morgan fingerprint density at radius 2 is 2.07 bits per heavy atom. The summed E-state index contributed by atoms with van der Waals surface area (Å²) in [7, 11) is 0. The summed E-state index contributed by atoms with van der Waals surface area (Å²) < 4.78 is 6.20. The van der Waals surface area contributed by atoms with Crippen LogP contribution in [0.5, 0.6) is 11.5 Å². The molecule has 8 heteroatoms. The molecule has 3 rings (SSSR count). The number of amides is 1. The van der Waals surface area contributed by atoms with Gasteiger partial charge in [0.1, 0.15) is 17.2 Å². The summed E-state index contributed by atoms with van der Waals surface area (Å²) in [4.78, 5) is 12.2. The number of nitrogens with one attached hydrogen (secondary N) is 2. The number of aromatic hydroxyl groups is 1. The molecule has 0 radical (unpaired) electrons. The van der Waals surface area contributed by atoms with E-state index in [1.807, 2.05) is 31.2 Å². The van der Waals surface area contributed by atoms with Crippen LogP contribution in [0.2, 0.25) is 0 Å². The quantitative estimate of drug-likeness (QED) is 0.411. The number of aromatic nitrogens is 2. The molecule has 0 aliphatic carbocycles. The fraction of sp³-hybridized carbons (Fsp3) is 0.105. The van der Waals surface area contributed by atoms with Crippen LogP contribution in [0.4, 0.5) is 0 Å². The SMILES string of the molecule is CCOc1ccc(-c2cc(C(=O)N/N=C\c3cc(Br)ccc3O)[nH]n2)cc1. The molecule has 27 heavy (non-hydrogen) atoms. The number of aromatic amines is 1. The summed E-state index contributed by atoms with van der Waals surface area (Å²) in [6.45, 7) is 2.53. The maximum atomic E-state index is 12.2. The fourth-order valence-corrected chi connectivity index (χ4v) is 2.70. The van der Waals surface area contributed by atoms with Crippen molar-refractivity contribution < 1.29 is 14.6 Å². The number of H-pyrrole nitrogens is 1. The minimum Gasteiger partial charge on any atom is -0.507 e. The van der Waals surface area contributed by atoms with Crippen molar-refractivity contribution in [2.24, 2.45) is 5.10 Å². The molecule has 0 saturated carbocycles.